The third kappa shape index (κ3) is 7.03. The van der Waals surface area contributed by atoms with Gasteiger partial charge in [-0.15, -0.1) is 0 Å². The molecule has 2 fully saturated rings. The molecule has 0 bridgehead atoms. The molecule has 0 spiro atoms. The zero-order chi connectivity index (χ0) is 19.5. The highest BCUT2D eigenvalue weighted by Gasteiger charge is 2.42. The molecule has 1 aliphatic carbocycles. The van der Waals surface area contributed by atoms with Gasteiger partial charge in [0.15, 0.2) is 6.29 Å². The average Bonchev–Trinajstić information content (AvgIpc) is 2.97. The standard InChI is InChI=1S/C21H30O6/c1-25-20(24)11-5-3-2-4-9-16-17(10-8-13-22)19(15-18(16)23)27-21-12-6-7-14-26-21/h2,4,8,10,13,16-17,19,21H,3,5-7,9,11-12,14-15H2,1H3/t16-,17-,19-,21?/m0/s1. The summed E-state index contributed by atoms with van der Waals surface area (Å²) in [6, 6.07) is 0. The molecule has 1 saturated carbocycles. The minimum Gasteiger partial charge on any atom is -0.469 e. The van der Waals surface area contributed by atoms with E-state index in [1.54, 1.807) is 6.08 Å². The number of carbonyl (C=O) groups is 3. The molecule has 1 unspecified atom stereocenters. The number of esters is 1. The molecule has 6 heteroatoms. The second-order valence-electron chi connectivity index (χ2n) is 7.02. The minimum atomic E-state index is -0.253. The van der Waals surface area contributed by atoms with Gasteiger partial charge < -0.3 is 14.2 Å². The molecule has 2 aliphatic rings. The second kappa shape index (κ2) is 11.8. The fraction of sp³-hybridized carbons (Fsp3) is 0.667. The van der Waals surface area contributed by atoms with E-state index in [2.05, 4.69) is 4.74 Å². The molecule has 1 aliphatic heterocycles. The van der Waals surface area contributed by atoms with Crippen LogP contribution in [0.1, 0.15) is 51.4 Å². The van der Waals surface area contributed by atoms with Gasteiger partial charge in [0, 0.05) is 31.3 Å². The number of Topliss-reactive ketones (excluding diaryl/α,β-unsaturated/α-hetero) is 1. The van der Waals surface area contributed by atoms with Crippen molar-refractivity contribution in [1.29, 1.82) is 0 Å². The van der Waals surface area contributed by atoms with Crippen LogP contribution in [0.15, 0.2) is 24.3 Å². The third-order valence-corrected chi connectivity index (χ3v) is 5.12. The maximum atomic E-state index is 12.5. The Kier molecular flexibility index (Phi) is 9.42. The minimum absolute atomic E-state index is 0.118. The molecule has 0 N–H and O–H groups in total. The fourth-order valence-electron chi connectivity index (χ4n) is 3.66. The molecule has 0 amide bonds. The van der Waals surface area contributed by atoms with E-state index in [1.807, 2.05) is 12.2 Å². The van der Waals surface area contributed by atoms with Gasteiger partial charge in [0.25, 0.3) is 0 Å². The quantitative estimate of drug-likeness (QED) is 0.191. The van der Waals surface area contributed by atoms with Gasteiger partial charge >= 0.3 is 5.97 Å². The summed E-state index contributed by atoms with van der Waals surface area (Å²) in [7, 11) is 1.38. The number of methoxy groups -OCH3 is 1. The SMILES string of the molecule is COC(=O)CCCC=CC[C@@H]1C(=O)C[C@H](OC2CCCCO2)[C@H]1C=CC=O. The molecule has 2 rings (SSSR count). The highest BCUT2D eigenvalue weighted by Crippen LogP contribution is 2.36. The largest absolute Gasteiger partial charge is 0.469 e. The number of allylic oxidation sites excluding steroid dienone is 3. The van der Waals surface area contributed by atoms with E-state index in [0.717, 1.165) is 38.4 Å². The lowest BCUT2D eigenvalue weighted by Crippen LogP contribution is -2.30. The van der Waals surface area contributed by atoms with Crippen LogP contribution in [0.25, 0.3) is 0 Å². The zero-order valence-electron chi connectivity index (χ0n) is 16.0. The summed E-state index contributed by atoms with van der Waals surface area (Å²) in [5.74, 6) is -0.353. The van der Waals surface area contributed by atoms with Gasteiger partial charge in [0.1, 0.15) is 12.1 Å². The molecule has 27 heavy (non-hydrogen) atoms. The van der Waals surface area contributed by atoms with E-state index in [1.165, 1.54) is 13.2 Å². The van der Waals surface area contributed by atoms with Gasteiger partial charge in [-0.25, -0.2) is 0 Å². The van der Waals surface area contributed by atoms with Crippen LogP contribution in [-0.4, -0.2) is 44.1 Å². The summed E-state index contributed by atoms with van der Waals surface area (Å²) < 4.78 is 16.3. The second-order valence-corrected chi connectivity index (χ2v) is 7.02. The third-order valence-electron chi connectivity index (χ3n) is 5.12. The average molecular weight is 378 g/mol. The van der Waals surface area contributed by atoms with Crippen molar-refractivity contribution in [1.82, 2.24) is 0 Å². The molecule has 0 aromatic carbocycles. The topological polar surface area (TPSA) is 78.9 Å². The number of rotatable bonds is 10. The van der Waals surface area contributed by atoms with Gasteiger partial charge in [-0.1, -0.05) is 18.2 Å². The van der Waals surface area contributed by atoms with Gasteiger partial charge in [-0.2, -0.15) is 0 Å². The Morgan fingerprint density at radius 2 is 2.15 bits per heavy atom. The van der Waals surface area contributed by atoms with Crippen LogP contribution in [0.3, 0.4) is 0 Å². The summed E-state index contributed by atoms with van der Waals surface area (Å²) in [5, 5.41) is 0. The van der Waals surface area contributed by atoms with Crippen LogP contribution < -0.4 is 0 Å². The Hall–Kier alpha value is -1.79. The van der Waals surface area contributed by atoms with Gasteiger partial charge in [0.2, 0.25) is 0 Å². The first-order valence-corrected chi connectivity index (χ1v) is 9.79. The normalized spacial score (nSPS) is 28.9. The highest BCUT2D eigenvalue weighted by molar-refractivity contribution is 5.85. The van der Waals surface area contributed by atoms with Crippen LogP contribution in [-0.2, 0) is 28.6 Å². The zero-order valence-corrected chi connectivity index (χ0v) is 16.0. The van der Waals surface area contributed by atoms with Gasteiger partial charge in [-0.3, -0.25) is 14.4 Å². The van der Waals surface area contributed by atoms with E-state index >= 15 is 0 Å². The number of hydrogen-bond acceptors (Lipinski definition) is 6. The van der Waals surface area contributed by atoms with Crippen molar-refractivity contribution in [2.75, 3.05) is 13.7 Å². The maximum Gasteiger partial charge on any atom is 0.305 e. The van der Waals surface area contributed by atoms with Crippen molar-refractivity contribution in [3.05, 3.63) is 24.3 Å². The molecule has 4 atom stereocenters. The van der Waals surface area contributed by atoms with E-state index in [9.17, 15) is 14.4 Å². The highest BCUT2D eigenvalue weighted by atomic mass is 16.7. The van der Waals surface area contributed by atoms with Crippen LogP contribution >= 0.6 is 0 Å². The molecule has 0 aromatic rings. The predicted octanol–water partition coefficient (Wildman–Crippen LogP) is 3.15. The van der Waals surface area contributed by atoms with E-state index < -0.39 is 0 Å². The summed E-state index contributed by atoms with van der Waals surface area (Å²) in [4.78, 5) is 34.4. The first kappa shape index (κ1) is 21.5. The van der Waals surface area contributed by atoms with Crippen LogP contribution in [0.5, 0.6) is 0 Å². The number of aldehydes is 1. The Balaban J connectivity index is 1.88. The van der Waals surface area contributed by atoms with E-state index in [4.69, 9.17) is 9.47 Å². The number of ketones is 1. The molecule has 150 valence electrons. The molecular weight excluding hydrogens is 348 g/mol. The van der Waals surface area contributed by atoms with Gasteiger partial charge in [0.05, 0.1) is 13.2 Å². The number of ether oxygens (including phenoxy) is 3. The number of hydrogen-bond donors (Lipinski definition) is 0. The first-order valence-electron chi connectivity index (χ1n) is 9.79. The fourth-order valence-corrected chi connectivity index (χ4v) is 3.66. The number of carbonyl (C=O) groups excluding carboxylic acids is 3. The van der Waals surface area contributed by atoms with E-state index in [-0.39, 0.29) is 36.0 Å². The smallest absolute Gasteiger partial charge is 0.305 e. The van der Waals surface area contributed by atoms with Crippen molar-refractivity contribution in [3.63, 3.8) is 0 Å². The summed E-state index contributed by atoms with van der Waals surface area (Å²) in [6.07, 6.45) is 13.3. The monoisotopic (exact) mass is 378 g/mol. The lowest BCUT2D eigenvalue weighted by Gasteiger charge is -2.28. The molecule has 6 nitrogen and oxygen atoms in total. The first-order chi connectivity index (χ1) is 13.2. The summed E-state index contributed by atoms with van der Waals surface area (Å²) >= 11 is 0. The number of unbranched alkanes of at least 4 members (excludes halogenated alkanes) is 1. The Labute approximate surface area is 160 Å². The molecule has 0 aromatic heterocycles. The summed E-state index contributed by atoms with van der Waals surface area (Å²) in [5.41, 5.74) is 0. The Morgan fingerprint density at radius 1 is 1.30 bits per heavy atom. The Bertz CT molecular complexity index is 547. The molecular formula is C21H30O6. The molecule has 0 radical (unpaired) electrons. The van der Waals surface area contributed by atoms with Gasteiger partial charge in [-0.05, 0) is 44.6 Å². The predicted molar refractivity (Wildman–Crippen MR) is 99.9 cm³/mol. The lowest BCUT2D eigenvalue weighted by molar-refractivity contribution is -0.192. The van der Waals surface area contributed by atoms with Crippen LogP contribution in [0.4, 0.5) is 0 Å². The van der Waals surface area contributed by atoms with Crippen molar-refractivity contribution < 1.29 is 28.6 Å². The lowest BCUT2D eigenvalue weighted by atomic mass is 9.90. The van der Waals surface area contributed by atoms with E-state index in [0.29, 0.717) is 25.9 Å². The maximum absolute atomic E-state index is 12.5. The van der Waals surface area contributed by atoms with Crippen molar-refractivity contribution in [3.8, 4) is 0 Å². The van der Waals surface area contributed by atoms with Crippen molar-refractivity contribution >= 4 is 18.0 Å². The van der Waals surface area contributed by atoms with Crippen LogP contribution in [0.2, 0.25) is 0 Å². The van der Waals surface area contributed by atoms with Crippen molar-refractivity contribution in [2.45, 2.75) is 63.8 Å². The Morgan fingerprint density at radius 3 is 2.85 bits per heavy atom. The summed E-state index contributed by atoms with van der Waals surface area (Å²) in [6.45, 7) is 0.692. The van der Waals surface area contributed by atoms with Crippen molar-refractivity contribution in [2.24, 2.45) is 11.8 Å². The molecule has 1 saturated heterocycles. The molecule has 1 heterocycles. The van der Waals surface area contributed by atoms with Crippen LogP contribution in [0, 0.1) is 11.8 Å².